The van der Waals surface area contributed by atoms with Gasteiger partial charge in [0.05, 0.1) is 23.6 Å². The molecular formula is C33H37N5O8S. The first-order valence-corrected chi connectivity index (χ1v) is 16.5. The second-order valence-corrected chi connectivity index (χ2v) is 13.8. The van der Waals surface area contributed by atoms with E-state index in [2.05, 4.69) is 10.3 Å². The van der Waals surface area contributed by atoms with Gasteiger partial charge in [-0.25, -0.2) is 13.2 Å². The highest BCUT2D eigenvalue weighted by atomic mass is 32.2. The molecule has 2 amide bonds. The minimum Gasteiger partial charge on any atom is -0.434 e. The summed E-state index contributed by atoms with van der Waals surface area (Å²) >= 11 is 0. The summed E-state index contributed by atoms with van der Waals surface area (Å²) in [6.07, 6.45) is -3.17. The van der Waals surface area contributed by atoms with Crippen molar-refractivity contribution in [3.8, 4) is 0 Å². The third-order valence-corrected chi connectivity index (χ3v) is 9.56. The number of amides is 2. The topological polar surface area (TPSA) is 185 Å². The van der Waals surface area contributed by atoms with Crippen molar-refractivity contribution in [1.29, 1.82) is 0 Å². The van der Waals surface area contributed by atoms with Gasteiger partial charge >= 0.3 is 6.09 Å². The highest BCUT2D eigenvalue weighted by Crippen LogP contribution is 2.26. The molecule has 4 N–H and O–H groups in total. The van der Waals surface area contributed by atoms with Crippen molar-refractivity contribution < 1.29 is 37.1 Å². The van der Waals surface area contributed by atoms with Crippen LogP contribution in [0, 0.1) is 5.92 Å². The minimum atomic E-state index is -4.15. The van der Waals surface area contributed by atoms with Crippen LogP contribution in [0.25, 0.3) is 11.1 Å². The van der Waals surface area contributed by atoms with Crippen LogP contribution in [0.3, 0.4) is 0 Å². The zero-order valence-electron chi connectivity index (χ0n) is 26.2. The van der Waals surface area contributed by atoms with E-state index in [9.17, 15) is 27.9 Å². The second-order valence-electron chi connectivity index (χ2n) is 11.9. The Kier molecular flexibility index (Phi) is 9.94. The molecule has 1 fully saturated rings. The van der Waals surface area contributed by atoms with Crippen molar-refractivity contribution in [1.82, 2.24) is 14.6 Å². The van der Waals surface area contributed by atoms with Gasteiger partial charge in [-0.1, -0.05) is 56.3 Å². The van der Waals surface area contributed by atoms with Crippen LogP contribution in [0.2, 0.25) is 0 Å². The first-order valence-electron chi connectivity index (χ1n) is 15.1. The van der Waals surface area contributed by atoms with Gasteiger partial charge in [-0.2, -0.15) is 9.29 Å². The van der Waals surface area contributed by atoms with Crippen LogP contribution in [-0.2, 0) is 26.0 Å². The third kappa shape index (κ3) is 7.79. The Morgan fingerprint density at radius 2 is 1.83 bits per heavy atom. The number of hydrogen-bond acceptors (Lipinski definition) is 10. The van der Waals surface area contributed by atoms with E-state index in [1.807, 2.05) is 44.2 Å². The molecule has 1 aliphatic rings. The highest BCUT2D eigenvalue weighted by Gasteiger charge is 2.39. The molecule has 1 saturated heterocycles. The van der Waals surface area contributed by atoms with Gasteiger partial charge in [-0.15, -0.1) is 0 Å². The van der Waals surface area contributed by atoms with Crippen LogP contribution in [0.15, 0.2) is 82.1 Å². The fourth-order valence-electron chi connectivity index (χ4n) is 5.38. The number of nitrogens with one attached hydrogen (secondary N) is 1. The Labute approximate surface area is 272 Å². The molecule has 0 unspecified atom stereocenters. The number of ketones is 1. The number of benzene rings is 3. The number of nitrogen functional groups attached to an aromatic ring is 1. The van der Waals surface area contributed by atoms with Crippen LogP contribution in [0.1, 0.15) is 36.7 Å². The lowest BCUT2D eigenvalue weighted by Crippen LogP contribution is -2.53. The number of nitrogens with zero attached hydrogens (tertiary/aromatic N) is 3. The standard InChI is InChI=1S/C33H37N5O8S/c1-20(2)17-37(47(43,44)25-12-13-26-29(16-25)45-32(34)36-26)18-28(40)27(14-22-8-5-4-6-9-22)35-31(41)30-19-38(33(42)46-30)24-11-7-10-23(15-24)21(3)39/h4-13,15-16,20,27-28,30,40H,14,17-19H2,1-3H3,(H2,34,36)(H,35,41)/t27-,28+,30-/m0/s1. The number of cyclic esters (lactones) is 1. The van der Waals surface area contributed by atoms with Crippen molar-refractivity contribution in [2.45, 2.75) is 50.3 Å². The highest BCUT2D eigenvalue weighted by molar-refractivity contribution is 7.89. The number of hydrogen-bond donors (Lipinski definition) is 3. The number of carbonyl (C=O) groups is 3. The quantitative estimate of drug-likeness (QED) is 0.179. The maximum Gasteiger partial charge on any atom is 0.415 e. The predicted octanol–water partition coefficient (Wildman–Crippen LogP) is 3.37. The van der Waals surface area contributed by atoms with E-state index >= 15 is 0 Å². The van der Waals surface area contributed by atoms with Gasteiger partial charge in [0.2, 0.25) is 10.0 Å². The monoisotopic (exact) mass is 663 g/mol. The molecule has 13 nitrogen and oxygen atoms in total. The molecule has 5 rings (SSSR count). The van der Waals surface area contributed by atoms with Gasteiger partial charge in [0.1, 0.15) is 5.52 Å². The molecule has 0 radical (unpaired) electrons. The van der Waals surface area contributed by atoms with Crippen LogP contribution in [0.5, 0.6) is 0 Å². The summed E-state index contributed by atoms with van der Waals surface area (Å²) in [6.45, 7) is 4.73. The number of aliphatic hydroxyl groups is 1. The van der Waals surface area contributed by atoms with Gasteiger partial charge < -0.3 is 25.3 Å². The van der Waals surface area contributed by atoms with Crippen LogP contribution >= 0.6 is 0 Å². The summed E-state index contributed by atoms with van der Waals surface area (Å²) < 4.78 is 39.7. The lowest BCUT2D eigenvalue weighted by molar-refractivity contribution is -0.129. The fraction of sp³-hybridized carbons (Fsp3) is 0.333. The van der Waals surface area contributed by atoms with E-state index in [4.69, 9.17) is 14.9 Å². The van der Waals surface area contributed by atoms with E-state index in [0.717, 1.165) is 5.56 Å². The Morgan fingerprint density at radius 3 is 2.53 bits per heavy atom. The van der Waals surface area contributed by atoms with E-state index < -0.39 is 40.3 Å². The first-order chi connectivity index (χ1) is 22.3. The molecule has 14 heteroatoms. The number of carbonyl (C=O) groups excluding carboxylic acids is 3. The van der Waals surface area contributed by atoms with Crippen molar-refractivity contribution in [3.05, 3.63) is 83.9 Å². The maximum atomic E-state index is 13.9. The Bertz CT molecular complexity index is 1880. The number of anilines is 2. The molecule has 47 heavy (non-hydrogen) atoms. The summed E-state index contributed by atoms with van der Waals surface area (Å²) in [5.74, 6) is -0.937. The molecule has 0 bridgehead atoms. The van der Waals surface area contributed by atoms with E-state index in [-0.39, 0.29) is 54.2 Å². The van der Waals surface area contributed by atoms with Crippen molar-refractivity contribution in [3.63, 3.8) is 0 Å². The average Bonchev–Trinajstić information content (AvgIpc) is 3.61. The van der Waals surface area contributed by atoms with Crippen molar-refractivity contribution >= 4 is 50.6 Å². The SMILES string of the molecule is CC(=O)c1cccc(N2C[C@@H](C(=O)N[C@@H](Cc3ccccc3)[C@H](O)CN(CC(C)C)S(=O)(=O)c3ccc4nc(N)oc4c3)OC2=O)c1. The smallest absolute Gasteiger partial charge is 0.415 e. The number of Topliss-reactive ketones (excluding diaryl/α,β-unsaturated/α-hetero) is 1. The molecule has 4 aromatic rings. The minimum absolute atomic E-state index is 0.0653. The van der Waals surface area contributed by atoms with Gasteiger partial charge in [-0.05, 0) is 49.1 Å². The molecule has 0 spiro atoms. The zero-order chi connectivity index (χ0) is 33.9. The van der Waals surface area contributed by atoms with Crippen LogP contribution in [-0.4, -0.2) is 78.5 Å². The molecule has 0 saturated carbocycles. The number of aliphatic hydroxyl groups excluding tert-OH is 1. The largest absolute Gasteiger partial charge is 0.434 e. The molecular weight excluding hydrogens is 626 g/mol. The third-order valence-electron chi connectivity index (χ3n) is 7.73. The van der Waals surface area contributed by atoms with Gasteiger partial charge in [0, 0.05) is 30.4 Å². The van der Waals surface area contributed by atoms with E-state index in [1.54, 1.807) is 24.3 Å². The molecule has 1 aromatic heterocycles. The number of nitrogens with two attached hydrogens (primary N) is 1. The number of rotatable bonds is 13. The number of ether oxygens (including phenoxy) is 1. The Balaban J connectivity index is 1.37. The summed E-state index contributed by atoms with van der Waals surface area (Å²) in [5, 5.41) is 14.4. The number of fused-ring (bicyclic) bond motifs is 1. The normalized spacial score (nSPS) is 16.4. The van der Waals surface area contributed by atoms with Crippen molar-refractivity contribution in [2.24, 2.45) is 5.92 Å². The lowest BCUT2D eigenvalue weighted by atomic mass is 10.0. The summed E-state index contributed by atoms with van der Waals surface area (Å²) in [5.41, 5.74) is 7.84. The first kappa shape index (κ1) is 33.6. The molecule has 3 atom stereocenters. The molecule has 248 valence electrons. The Morgan fingerprint density at radius 1 is 1.09 bits per heavy atom. The van der Waals surface area contributed by atoms with E-state index in [1.165, 1.54) is 34.3 Å². The maximum absolute atomic E-state index is 13.9. The summed E-state index contributed by atoms with van der Waals surface area (Å²) in [4.78, 5) is 43.3. The van der Waals surface area contributed by atoms with Crippen molar-refractivity contribution in [2.75, 3.05) is 30.3 Å². The van der Waals surface area contributed by atoms with E-state index in [0.29, 0.717) is 16.8 Å². The number of sulfonamides is 1. The average molecular weight is 664 g/mol. The predicted molar refractivity (Wildman–Crippen MR) is 174 cm³/mol. The molecule has 2 heterocycles. The van der Waals surface area contributed by atoms with Crippen LogP contribution < -0.4 is 16.0 Å². The lowest BCUT2D eigenvalue weighted by Gasteiger charge is -2.31. The van der Waals surface area contributed by atoms with Gasteiger partial charge in [-0.3, -0.25) is 14.5 Å². The Hall–Kier alpha value is -4.79. The fourth-order valence-corrected chi connectivity index (χ4v) is 7.01. The number of oxazole rings is 1. The molecule has 0 aliphatic carbocycles. The van der Waals surface area contributed by atoms with Gasteiger partial charge in [0.15, 0.2) is 17.5 Å². The molecule has 3 aromatic carbocycles. The van der Waals surface area contributed by atoms with Crippen LogP contribution in [0.4, 0.5) is 16.5 Å². The molecule has 1 aliphatic heterocycles. The summed E-state index contributed by atoms with van der Waals surface area (Å²) in [7, 11) is -4.15. The van der Waals surface area contributed by atoms with Gasteiger partial charge in [0.25, 0.3) is 11.9 Å². The summed E-state index contributed by atoms with van der Waals surface area (Å²) in [6, 6.07) is 18.7. The number of aromatic nitrogens is 1. The zero-order valence-corrected chi connectivity index (χ0v) is 27.0. The second kappa shape index (κ2) is 13.9.